The van der Waals surface area contributed by atoms with Gasteiger partial charge in [0, 0.05) is 11.9 Å². The first-order chi connectivity index (χ1) is 10.0. The number of hydrogen-bond acceptors (Lipinski definition) is 3. The molecule has 0 saturated heterocycles. The molecule has 21 heavy (non-hydrogen) atoms. The van der Waals surface area contributed by atoms with E-state index in [9.17, 15) is 9.59 Å². The Balaban J connectivity index is 2.01. The zero-order valence-corrected chi connectivity index (χ0v) is 11.5. The number of aryl methyl sites for hydroxylation is 1. The van der Waals surface area contributed by atoms with Crippen molar-refractivity contribution in [1.82, 2.24) is 4.98 Å². The summed E-state index contributed by atoms with van der Waals surface area (Å²) in [5, 5.41) is 14.1. The summed E-state index contributed by atoms with van der Waals surface area (Å²) < 4.78 is 0. The van der Waals surface area contributed by atoms with Crippen LogP contribution in [0.15, 0.2) is 42.7 Å². The normalized spacial score (nSPS) is 9.95. The zero-order chi connectivity index (χ0) is 15.2. The standard InChI is InChI=1S/C15H15N3O3/c1-10-5-13(9-16-8-10)18-15(21)17-12-4-2-3-11(6-12)7-14(19)20/h2-6,8-9H,7H2,1H3,(H,19,20)(H2,17,18,21). The molecule has 0 radical (unpaired) electrons. The number of nitrogens with one attached hydrogen (secondary N) is 2. The molecule has 0 spiro atoms. The molecule has 3 N–H and O–H groups in total. The molecule has 2 amide bonds. The fourth-order valence-corrected chi connectivity index (χ4v) is 1.85. The van der Waals surface area contributed by atoms with E-state index in [2.05, 4.69) is 15.6 Å². The molecule has 0 aliphatic rings. The molecule has 0 saturated carbocycles. The average Bonchev–Trinajstić information content (AvgIpc) is 2.37. The van der Waals surface area contributed by atoms with Gasteiger partial charge in [-0.1, -0.05) is 12.1 Å². The summed E-state index contributed by atoms with van der Waals surface area (Å²) in [4.78, 5) is 26.5. The van der Waals surface area contributed by atoms with Crippen LogP contribution in [0.25, 0.3) is 0 Å². The Labute approximate surface area is 121 Å². The Hall–Kier alpha value is -2.89. The van der Waals surface area contributed by atoms with Gasteiger partial charge in [0.25, 0.3) is 0 Å². The van der Waals surface area contributed by atoms with Crippen molar-refractivity contribution >= 4 is 23.4 Å². The molecule has 6 nitrogen and oxygen atoms in total. The maximum atomic E-state index is 11.9. The smallest absolute Gasteiger partial charge is 0.323 e. The van der Waals surface area contributed by atoms with E-state index in [-0.39, 0.29) is 6.42 Å². The van der Waals surface area contributed by atoms with Crippen molar-refractivity contribution in [2.24, 2.45) is 0 Å². The highest BCUT2D eigenvalue weighted by atomic mass is 16.4. The fourth-order valence-electron chi connectivity index (χ4n) is 1.85. The Morgan fingerprint density at radius 2 is 1.90 bits per heavy atom. The first-order valence-electron chi connectivity index (χ1n) is 6.33. The SMILES string of the molecule is Cc1cncc(NC(=O)Nc2cccc(CC(=O)O)c2)c1. The Kier molecular flexibility index (Phi) is 4.50. The summed E-state index contributed by atoms with van der Waals surface area (Å²) in [5.74, 6) is -0.914. The van der Waals surface area contributed by atoms with E-state index in [1.807, 2.05) is 6.92 Å². The molecule has 0 aliphatic heterocycles. The molecule has 0 unspecified atom stereocenters. The van der Waals surface area contributed by atoms with Crippen LogP contribution in [0.3, 0.4) is 0 Å². The van der Waals surface area contributed by atoms with E-state index >= 15 is 0 Å². The van der Waals surface area contributed by atoms with Crippen molar-refractivity contribution in [3.05, 3.63) is 53.9 Å². The molecule has 6 heteroatoms. The summed E-state index contributed by atoms with van der Waals surface area (Å²) in [6.45, 7) is 1.88. The average molecular weight is 285 g/mol. The lowest BCUT2D eigenvalue weighted by atomic mass is 10.1. The molecule has 0 bridgehead atoms. The van der Waals surface area contributed by atoms with Crippen LogP contribution in [0.4, 0.5) is 16.2 Å². The number of amides is 2. The number of anilines is 2. The number of benzene rings is 1. The largest absolute Gasteiger partial charge is 0.481 e. The van der Waals surface area contributed by atoms with E-state index in [1.54, 1.807) is 42.7 Å². The highest BCUT2D eigenvalue weighted by Crippen LogP contribution is 2.13. The number of nitrogens with zero attached hydrogens (tertiary/aromatic N) is 1. The predicted octanol–water partition coefficient (Wildman–Crippen LogP) is 2.66. The number of carbonyl (C=O) groups excluding carboxylic acids is 1. The Bertz CT molecular complexity index is 671. The third-order valence-corrected chi connectivity index (χ3v) is 2.67. The number of carbonyl (C=O) groups is 2. The van der Waals surface area contributed by atoms with Gasteiger partial charge in [0.15, 0.2) is 0 Å². The topological polar surface area (TPSA) is 91.3 Å². The Morgan fingerprint density at radius 3 is 2.62 bits per heavy atom. The van der Waals surface area contributed by atoms with Gasteiger partial charge >= 0.3 is 12.0 Å². The molecule has 2 aromatic rings. The molecular formula is C15H15N3O3. The van der Waals surface area contributed by atoms with Gasteiger partial charge in [-0.15, -0.1) is 0 Å². The van der Waals surface area contributed by atoms with E-state index < -0.39 is 12.0 Å². The number of aromatic nitrogens is 1. The summed E-state index contributed by atoms with van der Waals surface area (Å²) in [6.07, 6.45) is 3.16. The molecule has 108 valence electrons. The minimum Gasteiger partial charge on any atom is -0.481 e. The maximum absolute atomic E-state index is 11.9. The van der Waals surface area contributed by atoms with E-state index in [0.717, 1.165) is 5.56 Å². The van der Waals surface area contributed by atoms with E-state index in [4.69, 9.17) is 5.11 Å². The van der Waals surface area contributed by atoms with Crippen molar-refractivity contribution in [3.63, 3.8) is 0 Å². The molecule has 0 aliphatic carbocycles. The second-order valence-corrected chi connectivity index (χ2v) is 4.60. The number of carboxylic acid groups (broad SMARTS) is 1. The molecule has 1 heterocycles. The number of rotatable bonds is 4. The summed E-state index contributed by atoms with van der Waals surface area (Å²) >= 11 is 0. The van der Waals surface area contributed by atoms with Gasteiger partial charge in [-0.2, -0.15) is 0 Å². The minimum atomic E-state index is -0.914. The molecule has 2 rings (SSSR count). The van der Waals surface area contributed by atoms with Crippen LogP contribution < -0.4 is 10.6 Å². The number of aliphatic carboxylic acids is 1. The maximum Gasteiger partial charge on any atom is 0.323 e. The first kappa shape index (κ1) is 14.5. The number of urea groups is 1. The van der Waals surface area contributed by atoms with Crippen LogP contribution in [0.1, 0.15) is 11.1 Å². The summed E-state index contributed by atoms with van der Waals surface area (Å²) in [5.41, 5.74) is 2.69. The highest BCUT2D eigenvalue weighted by Gasteiger charge is 2.05. The van der Waals surface area contributed by atoms with Crippen LogP contribution in [-0.4, -0.2) is 22.1 Å². The van der Waals surface area contributed by atoms with Gasteiger partial charge < -0.3 is 15.7 Å². The van der Waals surface area contributed by atoms with E-state index in [1.165, 1.54) is 0 Å². The fraction of sp³-hybridized carbons (Fsp3) is 0.133. The highest BCUT2D eigenvalue weighted by molar-refractivity contribution is 5.99. The third-order valence-electron chi connectivity index (χ3n) is 2.67. The monoisotopic (exact) mass is 285 g/mol. The van der Waals surface area contributed by atoms with Crippen LogP contribution in [0, 0.1) is 6.92 Å². The van der Waals surface area contributed by atoms with Crippen molar-refractivity contribution in [1.29, 1.82) is 0 Å². The molecule has 0 fully saturated rings. The van der Waals surface area contributed by atoms with Gasteiger partial charge in [-0.05, 0) is 36.2 Å². The lowest BCUT2D eigenvalue weighted by molar-refractivity contribution is -0.136. The number of carboxylic acids is 1. The quantitative estimate of drug-likeness (QED) is 0.805. The lowest BCUT2D eigenvalue weighted by Gasteiger charge is -2.08. The molecule has 1 aromatic carbocycles. The van der Waals surface area contributed by atoms with Crippen LogP contribution in [-0.2, 0) is 11.2 Å². The van der Waals surface area contributed by atoms with Crippen LogP contribution in [0.2, 0.25) is 0 Å². The van der Waals surface area contributed by atoms with Gasteiger partial charge in [-0.25, -0.2) is 4.79 Å². The van der Waals surface area contributed by atoms with E-state index in [0.29, 0.717) is 16.9 Å². The molecule has 0 atom stereocenters. The van der Waals surface area contributed by atoms with Crippen molar-refractivity contribution in [2.75, 3.05) is 10.6 Å². The summed E-state index contributed by atoms with van der Waals surface area (Å²) in [6, 6.07) is 8.11. The van der Waals surface area contributed by atoms with Gasteiger partial charge in [-0.3, -0.25) is 9.78 Å². The predicted molar refractivity (Wildman–Crippen MR) is 79.4 cm³/mol. The first-order valence-corrected chi connectivity index (χ1v) is 6.33. The van der Waals surface area contributed by atoms with Crippen molar-refractivity contribution < 1.29 is 14.7 Å². The molecular weight excluding hydrogens is 270 g/mol. The zero-order valence-electron chi connectivity index (χ0n) is 11.5. The van der Waals surface area contributed by atoms with Crippen molar-refractivity contribution in [2.45, 2.75) is 13.3 Å². The van der Waals surface area contributed by atoms with Crippen LogP contribution >= 0.6 is 0 Å². The van der Waals surface area contributed by atoms with Gasteiger partial charge in [0.1, 0.15) is 0 Å². The third kappa shape index (κ3) is 4.61. The van der Waals surface area contributed by atoms with Gasteiger partial charge in [0.05, 0.1) is 18.3 Å². The van der Waals surface area contributed by atoms with Crippen molar-refractivity contribution in [3.8, 4) is 0 Å². The van der Waals surface area contributed by atoms with Gasteiger partial charge in [0.2, 0.25) is 0 Å². The van der Waals surface area contributed by atoms with Crippen LogP contribution in [0.5, 0.6) is 0 Å². The molecule has 1 aromatic heterocycles. The lowest BCUT2D eigenvalue weighted by Crippen LogP contribution is -2.19. The second-order valence-electron chi connectivity index (χ2n) is 4.60. The Morgan fingerprint density at radius 1 is 1.14 bits per heavy atom. The minimum absolute atomic E-state index is 0.0844. The number of pyridine rings is 1. The summed E-state index contributed by atoms with van der Waals surface area (Å²) in [7, 11) is 0. The number of hydrogen-bond donors (Lipinski definition) is 3. The second kappa shape index (κ2) is 6.51.